The molecule has 0 fully saturated rings. The number of anilines is 1. The first-order chi connectivity index (χ1) is 7.24. The first-order valence-electron chi connectivity index (χ1n) is 5.19. The molecule has 0 spiro atoms. The topological polar surface area (TPSA) is 20.3 Å². The predicted molar refractivity (Wildman–Crippen MR) is 62.5 cm³/mol. The van der Waals surface area contributed by atoms with Gasteiger partial charge in [0.25, 0.3) is 0 Å². The van der Waals surface area contributed by atoms with Crippen molar-refractivity contribution in [2.75, 3.05) is 17.3 Å². The van der Waals surface area contributed by atoms with Gasteiger partial charge in [-0.25, -0.2) is 0 Å². The minimum atomic E-state index is 0.182. The van der Waals surface area contributed by atoms with Crippen molar-refractivity contribution >= 4 is 23.2 Å². The van der Waals surface area contributed by atoms with Crippen LogP contribution in [0.5, 0.6) is 0 Å². The van der Waals surface area contributed by atoms with Crippen LogP contribution in [0.3, 0.4) is 0 Å². The van der Waals surface area contributed by atoms with Crippen molar-refractivity contribution in [2.24, 2.45) is 0 Å². The number of alkyl halides is 1. The molecule has 0 bridgehead atoms. The molecule has 0 aliphatic carbocycles. The highest BCUT2D eigenvalue weighted by Gasteiger charge is 2.27. The number of para-hydroxylation sites is 1. The van der Waals surface area contributed by atoms with Crippen molar-refractivity contribution in [1.82, 2.24) is 0 Å². The van der Waals surface area contributed by atoms with E-state index in [1.54, 1.807) is 4.90 Å². The van der Waals surface area contributed by atoms with E-state index in [-0.39, 0.29) is 5.91 Å². The molecule has 2 nitrogen and oxygen atoms in total. The Morgan fingerprint density at radius 3 is 2.93 bits per heavy atom. The number of halogens is 1. The molecule has 1 aromatic carbocycles. The van der Waals surface area contributed by atoms with Gasteiger partial charge in [0, 0.05) is 24.5 Å². The lowest BCUT2D eigenvalue weighted by atomic mass is 9.91. The van der Waals surface area contributed by atoms with Gasteiger partial charge in [0.1, 0.15) is 0 Å². The zero-order chi connectivity index (χ0) is 10.8. The van der Waals surface area contributed by atoms with Gasteiger partial charge >= 0.3 is 0 Å². The van der Waals surface area contributed by atoms with E-state index in [9.17, 15) is 4.79 Å². The van der Waals surface area contributed by atoms with Crippen LogP contribution in [-0.4, -0.2) is 18.3 Å². The Morgan fingerprint density at radius 2 is 2.20 bits per heavy atom. The number of benzene rings is 1. The molecule has 3 heteroatoms. The van der Waals surface area contributed by atoms with E-state index in [1.165, 1.54) is 5.56 Å². The first kappa shape index (κ1) is 10.5. The Kier molecular flexibility index (Phi) is 2.96. The smallest absolute Gasteiger partial charge is 0.227 e. The number of carbonyl (C=O) groups is 1. The van der Waals surface area contributed by atoms with Gasteiger partial charge < -0.3 is 4.90 Å². The van der Waals surface area contributed by atoms with Crippen molar-refractivity contribution in [3.05, 3.63) is 29.8 Å². The molecule has 1 heterocycles. The van der Waals surface area contributed by atoms with Crippen LogP contribution in [0.1, 0.15) is 24.8 Å². The molecule has 1 amide bonds. The molecule has 1 atom stereocenters. The molecule has 0 radical (unpaired) electrons. The second-order valence-corrected chi connectivity index (χ2v) is 4.28. The summed E-state index contributed by atoms with van der Waals surface area (Å²) >= 11 is 5.71. The number of fused-ring (bicyclic) bond motifs is 1. The lowest BCUT2D eigenvalue weighted by Crippen LogP contribution is -2.37. The summed E-state index contributed by atoms with van der Waals surface area (Å²) in [6.45, 7) is 2.69. The molecular formula is C12H14ClNO. The second-order valence-electron chi connectivity index (χ2n) is 3.90. The normalized spacial score (nSPS) is 20.3. The fourth-order valence-corrected chi connectivity index (χ4v) is 2.27. The predicted octanol–water partition coefficient (Wildman–Crippen LogP) is 2.77. The van der Waals surface area contributed by atoms with Gasteiger partial charge in [-0.3, -0.25) is 4.79 Å². The van der Waals surface area contributed by atoms with E-state index >= 15 is 0 Å². The molecule has 1 aliphatic rings. The summed E-state index contributed by atoms with van der Waals surface area (Å²) in [4.78, 5) is 13.6. The number of hydrogen-bond donors (Lipinski definition) is 0. The number of rotatable bonds is 2. The Hall–Kier alpha value is -1.02. The van der Waals surface area contributed by atoms with Crippen LogP contribution in [0, 0.1) is 0 Å². The highest BCUT2D eigenvalue weighted by Crippen LogP contribution is 2.35. The van der Waals surface area contributed by atoms with Gasteiger partial charge in [-0.15, -0.1) is 11.6 Å². The summed E-state index contributed by atoms with van der Waals surface area (Å²) in [5, 5.41) is 0. The van der Waals surface area contributed by atoms with Crippen LogP contribution in [0.2, 0.25) is 0 Å². The first-order valence-corrected chi connectivity index (χ1v) is 5.72. The largest absolute Gasteiger partial charge is 0.311 e. The van der Waals surface area contributed by atoms with Crippen molar-refractivity contribution in [1.29, 1.82) is 0 Å². The molecule has 0 aromatic heterocycles. The van der Waals surface area contributed by atoms with Crippen molar-refractivity contribution in [3.63, 3.8) is 0 Å². The average Bonchev–Trinajstić information content (AvgIpc) is 2.24. The molecule has 1 aromatic rings. The second kappa shape index (κ2) is 4.23. The zero-order valence-electron chi connectivity index (χ0n) is 8.74. The molecule has 1 aliphatic heterocycles. The van der Waals surface area contributed by atoms with Gasteiger partial charge in [0.05, 0.1) is 0 Å². The summed E-state index contributed by atoms with van der Waals surface area (Å²) in [7, 11) is 0. The Labute approximate surface area is 94.8 Å². The van der Waals surface area contributed by atoms with E-state index in [1.807, 2.05) is 18.2 Å². The summed E-state index contributed by atoms with van der Waals surface area (Å²) < 4.78 is 0. The third-order valence-corrected chi connectivity index (χ3v) is 3.02. The third-order valence-electron chi connectivity index (χ3n) is 2.85. The highest BCUT2D eigenvalue weighted by molar-refractivity contribution is 6.18. The summed E-state index contributed by atoms with van der Waals surface area (Å²) in [6.07, 6.45) is 0.591. The molecular weight excluding hydrogens is 210 g/mol. The fraction of sp³-hybridized carbons (Fsp3) is 0.417. The van der Waals surface area contributed by atoms with E-state index < -0.39 is 0 Å². The van der Waals surface area contributed by atoms with Crippen LogP contribution < -0.4 is 4.90 Å². The molecule has 0 unspecified atom stereocenters. The van der Waals surface area contributed by atoms with Crippen molar-refractivity contribution in [3.8, 4) is 0 Å². The number of amides is 1. The average molecular weight is 224 g/mol. The van der Waals surface area contributed by atoms with E-state index in [0.29, 0.717) is 24.8 Å². The Bertz CT molecular complexity index is 378. The highest BCUT2D eigenvalue weighted by atomic mass is 35.5. The van der Waals surface area contributed by atoms with E-state index in [2.05, 4.69) is 13.0 Å². The minimum absolute atomic E-state index is 0.182. The van der Waals surface area contributed by atoms with Gasteiger partial charge in [-0.2, -0.15) is 0 Å². The lowest BCUT2D eigenvalue weighted by Gasteiger charge is -2.32. The SMILES string of the molecule is C[C@@H]1CC(=O)N(CCCl)c2ccccc21. The molecule has 80 valence electrons. The molecule has 15 heavy (non-hydrogen) atoms. The van der Waals surface area contributed by atoms with Crippen LogP contribution in [0.15, 0.2) is 24.3 Å². The fourth-order valence-electron chi connectivity index (χ4n) is 2.10. The zero-order valence-corrected chi connectivity index (χ0v) is 9.50. The monoisotopic (exact) mass is 223 g/mol. The molecule has 0 N–H and O–H groups in total. The maximum Gasteiger partial charge on any atom is 0.227 e. The van der Waals surface area contributed by atoms with Gasteiger partial charge in [0.2, 0.25) is 5.91 Å². The molecule has 0 saturated heterocycles. The Balaban J connectivity index is 2.42. The van der Waals surface area contributed by atoms with Crippen LogP contribution in [-0.2, 0) is 4.79 Å². The van der Waals surface area contributed by atoms with Crippen LogP contribution >= 0.6 is 11.6 Å². The summed E-state index contributed by atoms with van der Waals surface area (Å²) in [5.41, 5.74) is 2.28. The van der Waals surface area contributed by atoms with E-state index in [4.69, 9.17) is 11.6 Å². The molecule has 0 saturated carbocycles. The number of hydrogen-bond acceptors (Lipinski definition) is 1. The minimum Gasteiger partial charge on any atom is -0.311 e. The number of nitrogens with zero attached hydrogens (tertiary/aromatic N) is 1. The van der Waals surface area contributed by atoms with Crippen LogP contribution in [0.4, 0.5) is 5.69 Å². The standard InChI is InChI=1S/C12H14ClNO/c1-9-8-12(15)14(7-6-13)11-5-3-2-4-10(9)11/h2-5,9H,6-8H2,1H3/t9-/m1/s1. The van der Waals surface area contributed by atoms with Gasteiger partial charge in [-0.1, -0.05) is 25.1 Å². The van der Waals surface area contributed by atoms with Crippen molar-refractivity contribution < 1.29 is 4.79 Å². The quantitative estimate of drug-likeness (QED) is 0.706. The summed E-state index contributed by atoms with van der Waals surface area (Å²) in [6, 6.07) is 8.07. The van der Waals surface area contributed by atoms with Gasteiger partial charge in [-0.05, 0) is 17.5 Å². The Morgan fingerprint density at radius 1 is 1.47 bits per heavy atom. The third kappa shape index (κ3) is 1.86. The molecule has 2 rings (SSSR count). The maximum absolute atomic E-state index is 11.8. The van der Waals surface area contributed by atoms with Crippen molar-refractivity contribution in [2.45, 2.75) is 19.3 Å². The van der Waals surface area contributed by atoms with Gasteiger partial charge in [0.15, 0.2) is 0 Å². The van der Waals surface area contributed by atoms with Crippen LogP contribution in [0.25, 0.3) is 0 Å². The summed E-state index contributed by atoms with van der Waals surface area (Å²) in [5.74, 6) is 0.983. The lowest BCUT2D eigenvalue weighted by molar-refractivity contribution is -0.119. The maximum atomic E-state index is 11.8. The van der Waals surface area contributed by atoms with E-state index in [0.717, 1.165) is 5.69 Å². The number of carbonyl (C=O) groups excluding carboxylic acids is 1.